The third-order valence-corrected chi connectivity index (χ3v) is 7.48. The van der Waals surface area contributed by atoms with E-state index < -0.39 is 0 Å². The molecule has 41 heavy (non-hydrogen) atoms. The summed E-state index contributed by atoms with van der Waals surface area (Å²) in [6.45, 7) is 8.94. The van der Waals surface area contributed by atoms with E-state index in [0.29, 0.717) is 40.2 Å². The van der Waals surface area contributed by atoms with Crippen molar-refractivity contribution >= 4 is 23.2 Å². The van der Waals surface area contributed by atoms with Gasteiger partial charge >= 0.3 is 5.97 Å². The lowest BCUT2D eigenvalue weighted by molar-refractivity contribution is 0.0497. The van der Waals surface area contributed by atoms with Crippen LogP contribution in [0.15, 0.2) is 48.5 Å². The van der Waals surface area contributed by atoms with Gasteiger partial charge in [-0.2, -0.15) is 4.63 Å². The lowest BCUT2D eigenvalue weighted by Crippen LogP contribution is -2.12. The zero-order chi connectivity index (χ0) is 29.2. The van der Waals surface area contributed by atoms with Crippen LogP contribution in [0.2, 0.25) is 5.02 Å². The maximum atomic E-state index is 12.6. The molecule has 0 radical (unpaired) electrons. The zero-order valence-corrected chi connectivity index (χ0v) is 25.6. The van der Waals surface area contributed by atoms with Crippen LogP contribution in [0.5, 0.6) is 11.5 Å². The van der Waals surface area contributed by atoms with Crippen molar-refractivity contribution in [1.29, 1.82) is 0 Å². The molecule has 7 nitrogen and oxygen atoms in total. The van der Waals surface area contributed by atoms with Crippen LogP contribution >= 0.6 is 11.6 Å². The second-order valence-electron chi connectivity index (χ2n) is 11.7. The van der Waals surface area contributed by atoms with Crippen molar-refractivity contribution in [1.82, 2.24) is 19.8 Å². The standard InChI is InChI=1S/C33H43ClN4O3/c1-5-6-7-8-9-10-11-12-13-14-21-40-32(39)25-18-16-20-27(23-25)41-26-19-15-17-24(22-26)30-35-31-28(34)29(33(2,3)4)36-38(31)37-30/h15-20,22-23,36H,5-14,21H2,1-4H3. The zero-order valence-electron chi connectivity index (χ0n) is 24.8. The Morgan fingerprint density at radius 3 is 2.20 bits per heavy atom. The number of halogens is 1. The van der Waals surface area contributed by atoms with Crippen molar-refractivity contribution in [2.24, 2.45) is 0 Å². The number of benzene rings is 2. The minimum Gasteiger partial charge on any atom is -0.462 e. The van der Waals surface area contributed by atoms with Crippen LogP contribution < -0.4 is 4.74 Å². The summed E-state index contributed by atoms with van der Waals surface area (Å²) < 4.78 is 13.2. The van der Waals surface area contributed by atoms with Gasteiger partial charge in [-0.15, -0.1) is 5.10 Å². The Morgan fingerprint density at radius 1 is 0.902 bits per heavy atom. The fourth-order valence-electron chi connectivity index (χ4n) is 4.78. The molecule has 2 aromatic carbocycles. The predicted octanol–water partition coefficient (Wildman–Crippen LogP) is 9.55. The first-order valence-electron chi connectivity index (χ1n) is 15.0. The van der Waals surface area contributed by atoms with Crippen molar-refractivity contribution in [2.45, 2.75) is 97.3 Å². The van der Waals surface area contributed by atoms with E-state index >= 15 is 0 Å². The summed E-state index contributed by atoms with van der Waals surface area (Å²) >= 11 is 6.59. The van der Waals surface area contributed by atoms with Gasteiger partial charge in [-0.1, -0.05) is 115 Å². The van der Waals surface area contributed by atoms with E-state index in [1.165, 1.54) is 51.4 Å². The highest BCUT2D eigenvalue weighted by Crippen LogP contribution is 2.32. The number of hydrogen-bond donors (Lipinski definition) is 1. The number of nitrogens with one attached hydrogen (secondary N) is 1. The van der Waals surface area contributed by atoms with Crippen molar-refractivity contribution in [3.63, 3.8) is 0 Å². The summed E-state index contributed by atoms with van der Waals surface area (Å²) in [4.78, 5) is 17.3. The van der Waals surface area contributed by atoms with Crippen LogP contribution in [0.3, 0.4) is 0 Å². The maximum Gasteiger partial charge on any atom is 0.338 e. The quantitative estimate of drug-likeness (QED) is 0.112. The van der Waals surface area contributed by atoms with Crippen LogP contribution in [0.4, 0.5) is 0 Å². The Kier molecular flexibility index (Phi) is 10.9. The first kappa shape index (κ1) is 30.6. The largest absolute Gasteiger partial charge is 0.462 e. The number of H-pyrrole nitrogens is 1. The molecule has 2 heterocycles. The van der Waals surface area contributed by atoms with Gasteiger partial charge < -0.3 is 9.47 Å². The Hall–Kier alpha value is -3.32. The number of ether oxygens (including phenoxy) is 2. The number of carbonyl (C=O) groups is 1. The number of unbranched alkanes of at least 4 members (excludes halogenated alkanes) is 9. The molecule has 8 heteroatoms. The van der Waals surface area contributed by atoms with Gasteiger partial charge in [0.05, 0.1) is 17.9 Å². The van der Waals surface area contributed by atoms with Gasteiger partial charge in [0.2, 0.25) is 0 Å². The number of carbonyl (C=O) groups excluding carboxylic acids is 1. The average molecular weight is 579 g/mol. The normalized spacial score (nSPS) is 11.7. The summed E-state index contributed by atoms with van der Waals surface area (Å²) in [6.07, 6.45) is 12.4. The molecule has 4 rings (SSSR count). The van der Waals surface area contributed by atoms with Crippen molar-refractivity contribution in [3.05, 3.63) is 64.8 Å². The molecule has 0 aliphatic rings. The molecule has 2 aromatic heterocycles. The Labute approximate surface area is 248 Å². The monoisotopic (exact) mass is 578 g/mol. The molecule has 0 amide bonds. The van der Waals surface area contributed by atoms with Gasteiger partial charge in [-0.05, 0) is 36.8 Å². The minimum absolute atomic E-state index is 0.151. The smallest absolute Gasteiger partial charge is 0.338 e. The Bertz CT molecular complexity index is 1420. The van der Waals surface area contributed by atoms with E-state index in [4.69, 9.17) is 21.1 Å². The molecule has 0 aliphatic carbocycles. The number of nitrogens with zero attached hydrogens (tertiary/aromatic N) is 3. The van der Waals surface area contributed by atoms with Crippen LogP contribution in [0.1, 0.15) is 108 Å². The number of rotatable bonds is 15. The molecule has 0 atom stereocenters. The van der Waals surface area contributed by atoms with Gasteiger partial charge in [0.15, 0.2) is 11.5 Å². The van der Waals surface area contributed by atoms with Crippen LogP contribution in [-0.4, -0.2) is 32.4 Å². The SMILES string of the molecule is CCCCCCCCCCCCOC(=O)c1cccc(Oc2cccc(-c3nc4c(Cl)c(C(C)(C)C)[nH]n4n3)c2)c1. The molecule has 4 aromatic rings. The Morgan fingerprint density at radius 2 is 1.54 bits per heavy atom. The van der Waals surface area contributed by atoms with Gasteiger partial charge in [0, 0.05) is 11.0 Å². The molecule has 220 valence electrons. The van der Waals surface area contributed by atoms with Crippen LogP contribution in [-0.2, 0) is 10.2 Å². The van der Waals surface area contributed by atoms with E-state index in [1.807, 2.05) is 30.3 Å². The average Bonchev–Trinajstić information content (AvgIpc) is 3.51. The van der Waals surface area contributed by atoms with Gasteiger partial charge in [-0.3, -0.25) is 5.10 Å². The molecule has 0 saturated heterocycles. The summed E-state index contributed by atoms with van der Waals surface area (Å²) in [6, 6.07) is 14.6. The van der Waals surface area contributed by atoms with E-state index in [1.54, 1.807) is 22.8 Å². The van der Waals surface area contributed by atoms with Gasteiger partial charge in [0.1, 0.15) is 16.5 Å². The van der Waals surface area contributed by atoms with Crippen molar-refractivity contribution < 1.29 is 14.3 Å². The Balaban J connectivity index is 1.27. The summed E-state index contributed by atoms with van der Waals surface area (Å²) in [5, 5.41) is 8.39. The number of aromatic amines is 1. The minimum atomic E-state index is -0.330. The van der Waals surface area contributed by atoms with E-state index in [-0.39, 0.29) is 11.4 Å². The number of fused-ring (bicyclic) bond motifs is 1. The highest BCUT2D eigenvalue weighted by Gasteiger charge is 2.24. The molecule has 0 fully saturated rings. The van der Waals surface area contributed by atoms with E-state index in [9.17, 15) is 4.79 Å². The third kappa shape index (κ3) is 8.59. The number of esters is 1. The first-order valence-corrected chi connectivity index (χ1v) is 15.3. The molecule has 0 bridgehead atoms. The van der Waals surface area contributed by atoms with E-state index in [2.05, 4.69) is 42.9 Å². The lowest BCUT2D eigenvalue weighted by Gasteiger charge is -2.16. The highest BCUT2D eigenvalue weighted by molar-refractivity contribution is 6.34. The summed E-state index contributed by atoms with van der Waals surface area (Å²) in [5.74, 6) is 1.37. The molecule has 0 unspecified atom stereocenters. The van der Waals surface area contributed by atoms with Gasteiger partial charge in [0.25, 0.3) is 0 Å². The fourth-order valence-corrected chi connectivity index (χ4v) is 5.23. The molecular weight excluding hydrogens is 536 g/mol. The molecule has 0 aliphatic heterocycles. The number of hydrogen-bond acceptors (Lipinski definition) is 5. The lowest BCUT2D eigenvalue weighted by atomic mass is 9.92. The molecular formula is C33H43ClN4O3. The van der Waals surface area contributed by atoms with Crippen LogP contribution in [0.25, 0.3) is 17.0 Å². The maximum absolute atomic E-state index is 12.6. The van der Waals surface area contributed by atoms with Crippen LogP contribution in [0, 0.1) is 0 Å². The third-order valence-electron chi connectivity index (χ3n) is 7.12. The summed E-state index contributed by atoms with van der Waals surface area (Å²) in [5.41, 5.74) is 2.59. The van der Waals surface area contributed by atoms with Crippen molar-refractivity contribution in [2.75, 3.05) is 6.61 Å². The number of aromatic nitrogens is 4. The molecule has 0 spiro atoms. The molecule has 0 saturated carbocycles. The first-order chi connectivity index (χ1) is 19.8. The summed E-state index contributed by atoms with van der Waals surface area (Å²) in [7, 11) is 0. The van der Waals surface area contributed by atoms with Gasteiger partial charge in [-0.25, -0.2) is 9.78 Å². The second-order valence-corrected chi connectivity index (χ2v) is 12.1. The molecule has 1 N–H and O–H groups in total. The second kappa shape index (κ2) is 14.5. The highest BCUT2D eigenvalue weighted by atomic mass is 35.5. The topological polar surface area (TPSA) is 81.5 Å². The predicted molar refractivity (Wildman–Crippen MR) is 165 cm³/mol. The van der Waals surface area contributed by atoms with E-state index in [0.717, 1.165) is 24.1 Å². The van der Waals surface area contributed by atoms with Crippen molar-refractivity contribution in [3.8, 4) is 22.9 Å². The fraction of sp³-hybridized carbons (Fsp3) is 0.485.